The number of hydrogen-bond acceptors (Lipinski definition) is 4. The molecule has 0 aliphatic carbocycles. The number of likely N-dealkylation sites (N-methyl/N-ethyl adjacent to an activating group) is 1. The maximum absolute atomic E-state index is 12.4. The Morgan fingerprint density at radius 3 is 2.75 bits per heavy atom. The minimum atomic E-state index is -3.52. The first-order valence-electron chi connectivity index (χ1n) is 6.44. The third kappa shape index (κ3) is 2.56. The highest BCUT2D eigenvalue weighted by atomic mass is 32.2. The van der Waals surface area contributed by atoms with Gasteiger partial charge in [0.15, 0.2) is 0 Å². The number of sulfonamides is 1. The lowest BCUT2D eigenvalue weighted by Crippen LogP contribution is -2.29. The molecule has 20 heavy (non-hydrogen) atoms. The van der Waals surface area contributed by atoms with Gasteiger partial charge < -0.3 is 10.6 Å². The van der Waals surface area contributed by atoms with E-state index in [2.05, 4.69) is 0 Å². The number of nitrogens with two attached hydrogens (primary N) is 1. The highest BCUT2D eigenvalue weighted by molar-refractivity contribution is 7.89. The molecular weight excluding hydrogens is 278 g/mol. The highest BCUT2D eigenvalue weighted by Gasteiger charge is 2.27. The molecule has 0 atom stereocenters. The van der Waals surface area contributed by atoms with Crippen LogP contribution < -0.4 is 10.6 Å². The van der Waals surface area contributed by atoms with Crippen molar-refractivity contribution in [3.63, 3.8) is 0 Å². The summed E-state index contributed by atoms with van der Waals surface area (Å²) in [4.78, 5) is 13.4. The normalized spacial score (nSPS) is 15.0. The van der Waals surface area contributed by atoms with E-state index in [-0.39, 0.29) is 17.2 Å². The summed E-state index contributed by atoms with van der Waals surface area (Å²) in [7, 11) is -0.292. The number of fused-ring (bicyclic) bond motifs is 1. The molecule has 0 spiro atoms. The monoisotopic (exact) mass is 297 g/mol. The lowest BCUT2D eigenvalue weighted by molar-refractivity contribution is -0.117. The lowest BCUT2D eigenvalue weighted by atomic mass is 10.2. The maximum Gasteiger partial charge on any atom is 0.242 e. The highest BCUT2D eigenvalue weighted by Crippen LogP contribution is 2.30. The van der Waals surface area contributed by atoms with E-state index in [9.17, 15) is 13.2 Å². The Balaban J connectivity index is 2.31. The van der Waals surface area contributed by atoms with Crippen LogP contribution in [0.4, 0.5) is 5.69 Å². The second kappa shape index (κ2) is 5.51. The predicted octanol–water partition coefficient (Wildman–Crippen LogP) is 0.175. The Morgan fingerprint density at radius 2 is 2.10 bits per heavy atom. The van der Waals surface area contributed by atoms with Crippen molar-refractivity contribution in [2.45, 2.75) is 17.7 Å². The first-order chi connectivity index (χ1) is 9.37. The average Bonchev–Trinajstić information content (AvgIpc) is 2.70. The van der Waals surface area contributed by atoms with Crippen molar-refractivity contribution in [3.05, 3.63) is 23.8 Å². The third-order valence-electron chi connectivity index (χ3n) is 3.51. The van der Waals surface area contributed by atoms with Crippen molar-refractivity contribution >= 4 is 21.6 Å². The van der Waals surface area contributed by atoms with Gasteiger partial charge >= 0.3 is 0 Å². The molecule has 0 unspecified atom stereocenters. The second-order valence-corrected chi connectivity index (χ2v) is 6.93. The average molecular weight is 297 g/mol. The summed E-state index contributed by atoms with van der Waals surface area (Å²) in [6.45, 7) is 0.831. The zero-order chi connectivity index (χ0) is 14.9. The molecule has 1 heterocycles. The number of nitrogens with zero attached hydrogens (tertiary/aromatic N) is 2. The van der Waals surface area contributed by atoms with Crippen molar-refractivity contribution in [1.29, 1.82) is 0 Å². The van der Waals surface area contributed by atoms with Gasteiger partial charge in [-0.2, -0.15) is 0 Å². The zero-order valence-electron chi connectivity index (χ0n) is 11.7. The standard InChI is InChI=1S/C13H19N3O3S/c1-15(7-3-6-14)20(18,19)11-4-5-12-10(8-11)9-13(17)16(12)2/h4-5,8H,3,6-7,9,14H2,1-2H3. The Labute approximate surface area is 119 Å². The van der Waals surface area contributed by atoms with Crippen LogP contribution in [-0.2, 0) is 21.2 Å². The number of benzene rings is 1. The van der Waals surface area contributed by atoms with Crippen molar-refractivity contribution in [2.75, 3.05) is 32.1 Å². The first kappa shape index (κ1) is 15.0. The van der Waals surface area contributed by atoms with Gasteiger partial charge in [0.1, 0.15) is 0 Å². The van der Waals surface area contributed by atoms with E-state index in [0.29, 0.717) is 19.5 Å². The van der Waals surface area contributed by atoms with E-state index >= 15 is 0 Å². The summed E-state index contributed by atoms with van der Waals surface area (Å²) in [5.74, 6) is -0.0222. The van der Waals surface area contributed by atoms with Crippen LogP contribution in [0.3, 0.4) is 0 Å². The number of carbonyl (C=O) groups excluding carboxylic acids is 1. The molecule has 0 bridgehead atoms. The fraction of sp³-hybridized carbons (Fsp3) is 0.462. The molecule has 1 aliphatic rings. The fourth-order valence-corrected chi connectivity index (χ4v) is 3.48. The van der Waals surface area contributed by atoms with Gasteiger partial charge in [-0.1, -0.05) is 0 Å². The van der Waals surface area contributed by atoms with Crippen molar-refractivity contribution in [2.24, 2.45) is 5.73 Å². The quantitative estimate of drug-likeness (QED) is 0.840. The molecule has 1 aromatic carbocycles. The summed E-state index contributed by atoms with van der Waals surface area (Å²) < 4.78 is 26.1. The Hall–Kier alpha value is -1.44. The maximum atomic E-state index is 12.4. The van der Waals surface area contributed by atoms with Gasteiger partial charge in [-0.05, 0) is 36.7 Å². The molecule has 110 valence electrons. The van der Waals surface area contributed by atoms with Gasteiger partial charge in [0.05, 0.1) is 11.3 Å². The topological polar surface area (TPSA) is 83.7 Å². The molecule has 0 saturated heterocycles. The molecule has 7 heteroatoms. The number of hydrogen-bond donors (Lipinski definition) is 1. The molecule has 0 saturated carbocycles. The first-order valence-corrected chi connectivity index (χ1v) is 7.88. The minimum Gasteiger partial charge on any atom is -0.330 e. The zero-order valence-corrected chi connectivity index (χ0v) is 12.5. The Kier molecular flexibility index (Phi) is 4.12. The SMILES string of the molecule is CN1C(=O)Cc2cc(S(=O)(=O)N(C)CCCN)ccc21. The summed E-state index contributed by atoms with van der Waals surface area (Å²) >= 11 is 0. The molecule has 6 nitrogen and oxygen atoms in total. The van der Waals surface area contributed by atoms with Crippen LogP contribution in [0.2, 0.25) is 0 Å². The molecule has 0 radical (unpaired) electrons. The number of rotatable bonds is 5. The second-order valence-electron chi connectivity index (χ2n) is 4.89. The van der Waals surface area contributed by atoms with Crippen LogP contribution in [0.1, 0.15) is 12.0 Å². The van der Waals surface area contributed by atoms with Crippen molar-refractivity contribution in [1.82, 2.24) is 4.31 Å². The number of anilines is 1. The van der Waals surface area contributed by atoms with Crippen LogP contribution in [0, 0.1) is 0 Å². The van der Waals surface area contributed by atoms with Crippen LogP contribution in [0.25, 0.3) is 0 Å². The van der Waals surface area contributed by atoms with E-state index in [1.165, 1.54) is 11.4 Å². The molecular formula is C13H19N3O3S. The molecule has 2 N–H and O–H groups in total. The largest absolute Gasteiger partial charge is 0.330 e. The minimum absolute atomic E-state index is 0.0222. The van der Waals surface area contributed by atoms with Crippen molar-refractivity contribution < 1.29 is 13.2 Å². The van der Waals surface area contributed by atoms with Gasteiger partial charge in [0.2, 0.25) is 15.9 Å². The predicted molar refractivity (Wildman–Crippen MR) is 77.0 cm³/mol. The fourth-order valence-electron chi connectivity index (χ4n) is 2.22. The molecule has 0 aromatic heterocycles. The molecule has 1 aromatic rings. The third-order valence-corrected chi connectivity index (χ3v) is 5.37. The smallest absolute Gasteiger partial charge is 0.242 e. The van der Waals surface area contributed by atoms with E-state index in [4.69, 9.17) is 5.73 Å². The van der Waals surface area contributed by atoms with E-state index < -0.39 is 10.0 Å². The lowest BCUT2D eigenvalue weighted by Gasteiger charge is -2.17. The van der Waals surface area contributed by atoms with Gasteiger partial charge in [-0.15, -0.1) is 0 Å². The molecule has 1 amide bonds. The summed E-state index contributed by atoms with van der Waals surface area (Å²) in [5, 5.41) is 0. The summed E-state index contributed by atoms with van der Waals surface area (Å²) in [6.07, 6.45) is 0.865. The van der Waals surface area contributed by atoms with Gasteiger partial charge in [0, 0.05) is 26.3 Å². The van der Waals surface area contributed by atoms with Gasteiger partial charge in [-0.25, -0.2) is 12.7 Å². The Bertz CT molecular complexity index is 628. The van der Waals surface area contributed by atoms with Crippen LogP contribution in [0.15, 0.2) is 23.1 Å². The van der Waals surface area contributed by atoms with Gasteiger partial charge in [-0.3, -0.25) is 4.79 Å². The van der Waals surface area contributed by atoms with Crippen LogP contribution >= 0.6 is 0 Å². The van der Waals surface area contributed by atoms with Crippen LogP contribution in [-0.4, -0.2) is 45.8 Å². The Morgan fingerprint density at radius 1 is 1.40 bits per heavy atom. The van der Waals surface area contributed by atoms with Crippen molar-refractivity contribution in [3.8, 4) is 0 Å². The van der Waals surface area contributed by atoms with Crippen LogP contribution in [0.5, 0.6) is 0 Å². The van der Waals surface area contributed by atoms with E-state index in [1.54, 1.807) is 30.1 Å². The molecule has 2 rings (SSSR count). The summed E-state index contributed by atoms with van der Waals surface area (Å²) in [5.41, 5.74) is 6.93. The number of amides is 1. The van der Waals surface area contributed by atoms with E-state index in [1.807, 2.05) is 0 Å². The number of carbonyl (C=O) groups is 1. The summed E-state index contributed by atoms with van der Waals surface area (Å²) in [6, 6.07) is 4.82. The molecule has 1 aliphatic heterocycles. The molecule has 0 fully saturated rings. The van der Waals surface area contributed by atoms with E-state index in [0.717, 1.165) is 11.3 Å². The van der Waals surface area contributed by atoms with Gasteiger partial charge in [0.25, 0.3) is 0 Å².